The van der Waals surface area contributed by atoms with Crippen LogP contribution in [-0.2, 0) is 0 Å². The van der Waals surface area contributed by atoms with Gasteiger partial charge in [-0.25, -0.2) is 9.78 Å². The average molecular weight is 340 g/mol. The van der Waals surface area contributed by atoms with E-state index in [9.17, 15) is 9.90 Å². The van der Waals surface area contributed by atoms with Crippen LogP contribution in [0.5, 0.6) is 0 Å². The van der Waals surface area contributed by atoms with Crippen LogP contribution >= 0.6 is 0 Å². The SMILES string of the molecule is CC(NC(=O)NCC(O)c1ccco1)c1ccc(-n2ccnc2)cc1. The summed E-state index contributed by atoms with van der Waals surface area (Å²) in [6.45, 7) is 1.97. The van der Waals surface area contributed by atoms with Gasteiger partial charge in [-0.1, -0.05) is 12.1 Å². The van der Waals surface area contributed by atoms with E-state index >= 15 is 0 Å². The number of rotatable bonds is 6. The summed E-state index contributed by atoms with van der Waals surface area (Å²) in [6, 6.07) is 10.7. The highest BCUT2D eigenvalue weighted by molar-refractivity contribution is 5.74. The number of nitrogens with zero attached hydrogens (tertiary/aromatic N) is 2. The molecule has 2 aromatic heterocycles. The lowest BCUT2D eigenvalue weighted by Gasteiger charge is -2.16. The second-order valence-corrected chi connectivity index (χ2v) is 5.67. The molecule has 2 unspecified atom stereocenters. The van der Waals surface area contributed by atoms with E-state index in [2.05, 4.69) is 15.6 Å². The molecule has 0 aliphatic carbocycles. The number of aliphatic hydroxyl groups excluding tert-OH is 1. The first kappa shape index (κ1) is 16.8. The number of urea groups is 1. The smallest absolute Gasteiger partial charge is 0.315 e. The fourth-order valence-corrected chi connectivity index (χ4v) is 2.45. The van der Waals surface area contributed by atoms with Crippen LogP contribution in [-0.4, -0.2) is 27.2 Å². The molecule has 3 rings (SSSR count). The number of benzene rings is 1. The van der Waals surface area contributed by atoms with E-state index in [-0.39, 0.29) is 18.6 Å². The Balaban J connectivity index is 1.51. The van der Waals surface area contributed by atoms with Gasteiger partial charge in [-0.15, -0.1) is 0 Å². The fraction of sp³-hybridized carbons (Fsp3) is 0.222. The third-order valence-electron chi connectivity index (χ3n) is 3.87. The molecule has 0 saturated heterocycles. The number of amides is 2. The summed E-state index contributed by atoms with van der Waals surface area (Å²) in [5, 5.41) is 15.4. The van der Waals surface area contributed by atoms with Crippen molar-refractivity contribution < 1.29 is 14.3 Å². The van der Waals surface area contributed by atoms with E-state index in [1.54, 1.807) is 24.7 Å². The Bertz CT molecular complexity index is 782. The van der Waals surface area contributed by atoms with Crippen molar-refractivity contribution in [3.63, 3.8) is 0 Å². The first-order valence-electron chi connectivity index (χ1n) is 7.97. The minimum Gasteiger partial charge on any atom is -0.467 e. The van der Waals surface area contributed by atoms with Crippen molar-refractivity contribution in [2.75, 3.05) is 6.54 Å². The van der Waals surface area contributed by atoms with Gasteiger partial charge in [0, 0.05) is 18.1 Å². The molecule has 0 bridgehead atoms. The quantitative estimate of drug-likeness (QED) is 0.643. The van der Waals surface area contributed by atoms with Crippen LogP contribution in [0.2, 0.25) is 0 Å². The molecule has 0 aliphatic heterocycles. The largest absolute Gasteiger partial charge is 0.467 e. The van der Waals surface area contributed by atoms with Crippen molar-refractivity contribution in [1.82, 2.24) is 20.2 Å². The van der Waals surface area contributed by atoms with Crippen LogP contribution in [0.4, 0.5) is 4.79 Å². The number of hydrogen-bond donors (Lipinski definition) is 3. The van der Waals surface area contributed by atoms with E-state index in [1.165, 1.54) is 6.26 Å². The van der Waals surface area contributed by atoms with Crippen LogP contribution in [0.1, 0.15) is 30.4 Å². The number of nitrogens with one attached hydrogen (secondary N) is 2. The van der Waals surface area contributed by atoms with Crippen LogP contribution in [0.15, 0.2) is 65.8 Å². The zero-order chi connectivity index (χ0) is 17.6. The molecule has 0 saturated carbocycles. The van der Waals surface area contributed by atoms with Gasteiger partial charge in [0.2, 0.25) is 0 Å². The van der Waals surface area contributed by atoms with Crippen molar-refractivity contribution >= 4 is 6.03 Å². The Kier molecular flexibility index (Phi) is 5.15. The van der Waals surface area contributed by atoms with E-state index in [0.29, 0.717) is 5.76 Å². The van der Waals surface area contributed by atoms with Crippen molar-refractivity contribution in [2.45, 2.75) is 19.1 Å². The van der Waals surface area contributed by atoms with Crippen LogP contribution < -0.4 is 10.6 Å². The third kappa shape index (κ3) is 4.27. The molecule has 0 fully saturated rings. The van der Waals surface area contributed by atoms with Gasteiger partial charge in [0.1, 0.15) is 11.9 Å². The van der Waals surface area contributed by atoms with Gasteiger partial charge in [0.05, 0.1) is 25.2 Å². The van der Waals surface area contributed by atoms with Gasteiger partial charge in [-0.2, -0.15) is 0 Å². The third-order valence-corrected chi connectivity index (χ3v) is 3.87. The number of carbonyl (C=O) groups excluding carboxylic acids is 1. The Morgan fingerprint density at radius 2 is 2.12 bits per heavy atom. The molecule has 25 heavy (non-hydrogen) atoms. The highest BCUT2D eigenvalue weighted by atomic mass is 16.4. The monoisotopic (exact) mass is 340 g/mol. The second kappa shape index (κ2) is 7.67. The number of carbonyl (C=O) groups is 1. The summed E-state index contributed by atoms with van der Waals surface area (Å²) < 4.78 is 7.00. The van der Waals surface area contributed by atoms with Gasteiger partial charge in [0.15, 0.2) is 0 Å². The molecule has 3 aromatic rings. The summed E-state index contributed by atoms with van der Waals surface area (Å²) in [4.78, 5) is 16.0. The summed E-state index contributed by atoms with van der Waals surface area (Å²) in [7, 11) is 0. The van der Waals surface area contributed by atoms with E-state index in [1.807, 2.05) is 42.0 Å². The van der Waals surface area contributed by atoms with Gasteiger partial charge in [-0.3, -0.25) is 0 Å². The van der Waals surface area contributed by atoms with E-state index in [4.69, 9.17) is 4.42 Å². The molecule has 130 valence electrons. The lowest BCUT2D eigenvalue weighted by molar-refractivity contribution is 0.147. The number of aliphatic hydroxyl groups is 1. The van der Waals surface area contributed by atoms with Crippen molar-refractivity contribution in [2.24, 2.45) is 0 Å². The lowest BCUT2D eigenvalue weighted by Crippen LogP contribution is -2.39. The Morgan fingerprint density at radius 1 is 1.32 bits per heavy atom. The van der Waals surface area contributed by atoms with Crippen molar-refractivity contribution in [3.8, 4) is 5.69 Å². The highest BCUT2D eigenvalue weighted by Crippen LogP contribution is 2.16. The van der Waals surface area contributed by atoms with Crippen molar-refractivity contribution in [3.05, 3.63) is 72.7 Å². The molecular weight excluding hydrogens is 320 g/mol. The minimum atomic E-state index is -0.870. The van der Waals surface area contributed by atoms with Gasteiger partial charge in [-0.05, 0) is 36.8 Å². The first-order chi connectivity index (χ1) is 12.1. The fourth-order valence-electron chi connectivity index (χ4n) is 2.45. The maximum Gasteiger partial charge on any atom is 0.315 e. The second-order valence-electron chi connectivity index (χ2n) is 5.67. The highest BCUT2D eigenvalue weighted by Gasteiger charge is 2.13. The Labute approximate surface area is 145 Å². The first-order valence-corrected chi connectivity index (χ1v) is 7.97. The minimum absolute atomic E-state index is 0.0750. The molecule has 7 heteroatoms. The summed E-state index contributed by atoms with van der Waals surface area (Å²) in [5.41, 5.74) is 1.98. The molecule has 0 radical (unpaired) electrons. The van der Waals surface area contributed by atoms with Gasteiger partial charge < -0.3 is 24.7 Å². The number of hydrogen-bond acceptors (Lipinski definition) is 4. The molecule has 2 heterocycles. The lowest BCUT2D eigenvalue weighted by atomic mass is 10.1. The normalized spacial score (nSPS) is 13.2. The summed E-state index contributed by atoms with van der Waals surface area (Å²) >= 11 is 0. The van der Waals surface area contributed by atoms with Gasteiger partial charge in [0.25, 0.3) is 0 Å². The number of aromatic nitrogens is 2. The maximum absolute atomic E-state index is 12.0. The molecule has 0 aliphatic rings. The molecule has 2 atom stereocenters. The predicted molar refractivity (Wildman–Crippen MR) is 92.2 cm³/mol. The molecule has 0 spiro atoms. The van der Waals surface area contributed by atoms with Crippen molar-refractivity contribution in [1.29, 1.82) is 0 Å². The topological polar surface area (TPSA) is 92.3 Å². The Hall–Kier alpha value is -3.06. The van der Waals surface area contributed by atoms with Crippen LogP contribution in [0.3, 0.4) is 0 Å². The molecule has 7 nitrogen and oxygen atoms in total. The number of furan rings is 1. The molecule has 1 aromatic carbocycles. The summed E-state index contributed by atoms with van der Waals surface area (Å²) in [5.74, 6) is 0.420. The standard InChI is InChI=1S/C18H20N4O3/c1-13(14-4-6-15(7-5-14)22-9-8-19-12-22)21-18(24)20-11-16(23)17-3-2-10-25-17/h2-10,12-13,16,23H,11H2,1H3,(H2,20,21,24). The average Bonchev–Trinajstić information content (AvgIpc) is 3.33. The van der Waals surface area contributed by atoms with Gasteiger partial charge >= 0.3 is 6.03 Å². The zero-order valence-electron chi connectivity index (χ0n) is 13.8. The maximum atomic E-state index is 12.0. The van der Waals surface area contributed by atoms with Crippen LogP contribution in [0.25, 0.3) is 5.69 Å². The Morgan fingerprint density at radius 3 is 2.76 bits per heavy atom. The predicted octanol–water partition coefficient (Wildman–Crippen LogP) is 2.56. The molecular formula is C18H20N4O3. The van der Waals surface area contributed by atoms with Crippen LogP contribution in [0, 0.1) is 0 Å². The zero-order valence-corrected chi connectivity index (χ0v) is 13.8. The van der Waals surface area contributed by atoms with E-state index in [0.717, 1.165) is 11.3 Å². The van der Waals surface area contributed by atoms with E-state index < -0.39 is 6.10 Å². The molecule has 3 N–H and O–H groups in total. The summed E-state index contributed by atoms with van der Waals surface area (Å²) in [6.07, 6.45) is 5.93. The number of imidazole rings is 1. The molecule has 2 amide bonds.